The molecule has 0 bridgehead atoms. The zero-order valence-corrected chi connectivity index (χ0v) is 41.1. The van der Waals surface area contributed by atoms with Gasteiger partial charge in [0.05, 0.1) is 0 Å². The Bertz CT molecular complexity index is 3310. The molecule has 2 nitrogen and oxygen atoms in total. The summed E-state index contributed by atoms with van der Waals surface area (Å²) < 4.78 is 2.69. The predicted molar refractivity (Wildman–Crippen MR) is 283 cm³/mol. The summed E-state index contributed by atoms with van der Waals surface area (Å²) >= 11 is 1.94. The van der Waals surface area contributed by atoms with Crippen LogP contribution in [0.1, 0.15) is 120 Å². The summed E-state index contributed by atoms with van der Waals surface area (Å²) in [5.74, 6) is 0. The van der Waals surface area contributed by atoms with Crippen molar-refractivity contribution in [2.45, 2.75) is 124 Å². The van der Waals surface area contributed by atoms with Crippen LogP contribution in [0, 0.1) is 20.8 Å². The highest BCUT2D eigenvalue weighted by molar-refractivity contribution is 7.26. The zero-order valence-electron chi connectivity index (χ0n) is 40.3. The Morgan fingerprint density at radius 1 is 0.462 bits per heavy atom. The fourth-order valence-corrected chi connectivity index (χ4v) is 13.9. The maximum atomic E-state index is 2.76. The molecule has 2 aliphatic heterocycles. The standard InChI is InChI=1S/C61H61BN2S/c1-36-18-17-19-37(2)54(36)39-31-43-42-33-45-47(61(10,11)29-27-59(45,6)7)35-50(42)64(40-20-13-12-14-21-40)62-56(43)51(32-39)63(48-24-25-53-55(57(48)62)41-22-15-16-23-52(41)65-53)49-34-46-44(30-38(49)3)58(4,5)26-28-60(46,8)9/h12-25,30-35H,26-29H2,1-11H3. The molecule has 0 unspecified atom stereocenters. The molecule has 4 heteroatoms. The van der Waals surface area contributed by atoms with Gasteiger partial charge in [-0.3, -0.25) is 0 Å². The average Bonchev–Trinajstić information content (AvgIpc) is 3.66. The molecule has 324 valence electrons. The molecule has 0 spiro atoms. The number of thiophene rings is 1. The van der Waals surface area contributed by atoms with Gasteiger partial charge in [0.15, 0.2) is 0 Å². The predicted octanol–water partition coefficient (Wildman–Crippen LogP) is 16.1. The van der Waals surface area contributed by atoms with E-state index in [4.69, 9.17) is 0 Å². The van der Waals surface area contributed by atoms with Crippen LogP contribution in [0.15, 0.2) is 121 Å². The van der Waals surface area contributed by atoms with E-state index in [0.717, 1.165) is 0 Å². The molecule has 0 atom stereocenters. The van der Waals surface area contributed by atoms with E-state index < -0.39 is 0 Å². The Morgan fingerprint density at radius 3 is 1.71 bits per heavy atom. The lowest BCUT2D eigenvalue weighted by Gasteiger charge is -2.49. The number of hydrogen-bond acceptors (Lipinski definition) is 3. The molecule has 65 heavy (non-hydrogen) atoms. The topological polar surface area (TPSA) is 6.48 Å². The van der Waals surface area contributed by atoms with Gasteiger partial charge < -0.3 is 9.71 Å². The minimum absolute atomic E-state index is 0.0538. The number of benzene rings is 7. The van der Waals surface area contributed by atoms with Crippen molar-refractivity contribution in [1.29, 1.82) is 0 Å². The fourth-order valence-electron chi connectivity index (χ4n) is 12.8. The molecule has 0 saturated carbocycles. The Labute approximate surface area is 391 Å². The van der Waals surface area contributed by atoms with Crippen molar-refractivity contribution in [2.24, 2.45) is 0 Å². The van der Waals surface area contributed by atoms with Gasteiger partial charge in [0, 0.05) is 43.4 Å². The van der Waals surface area contributed by atoms with Crippen molar-refractivity contribution < 1.29 is 0 Å². The molecule has 0 radical (unpaired) electrons. The van der Waals surface area contributed by atoms with Crippen molar-refractivity contribution in [2.75, 3.05) is 9.71 Å². The lowest BCUT2D eigenvalue weighted by atomic mass is 9.42. The van der Waals surface area contributed by atoms with Gasteiger partial charge in [0.25, 0.3) is 0 Å². The van der Waals surface area contributed by atoms with E-state index in [-0.39, 0.29) is 28.5 Å². The SMILES string of the molecule is Cc1cc2c(cc1N1c3cc(-c4c(C)cccc4C)cc4c3B(c3c1ccc1sc5ccccc5c31)N(c1ccccc1)c1cc3c(cc1-4)C(C)(C)CCC3(C)C)C(C)(C)CCC2(C)C. The number of rotatable bonds is 3. The molecular formula is C61H61BN2S. The third-order valence-corrected chi connectivity index (χ3v) is 17.9. The Morgan fingerprint density at radius 2 is 1.05 bits per heavy atom. The summed E-state index contributed by atoms with van der Waals surface area (Å²) in [4.78, 5) is 5.48. The van der Waals surface area contributed by atoms with E-state index in [1.54, 1.807) is 0 Å². The van der Waals surface area contributed by atoms with Crippen LogP contribution in [-0.4, -0.2) is 6.85 Å². The van der Waals surface area contributed by atoms with Gasteiger partial charge in [0.1, 0.15) is 0 Å². The second-order valence-electron chi connectivity index (χ2n) is 22.8. The molecule has 2 aliphatic carbocycles. The summed E-state index contributed by atoms with van der Waals surface area (Å²) in [6.07, 6.45) is 4.71. The third kappa shape index (κ3) is 5.84. The second kappa shape index (κ2) is 13.7. The molecule has 0 fully saturated rings. The summed E-state index contributed by atoms with van der Waals surface area (Å²) in [5, 5.41) is 2.73. The highest BCUT2D eigenvalue weighted by Gasteiger charge is 2.49. The maximum Gasteiger partial charge on any atom is 0.333 e. The van der Waals surface area contributed by atoms with Gasteiger partial charge in [-0.2, -0.15) is 0 Å². The van der Waals surface area contributed by atoms with E-state index in [9.17, 15) is 0 Å². The van der Waals surface area contributed by atoms with Crippen LogP contribution in [-0.2, 0) is 21.7 Å². The number of nitrogens with zero attached hydrogens (tertiary/aromatic N) is 2. The van der Waals surface area contributed by atoms with Crippen LogP contribution in [0.25, 0.3) is 42.4 Å². The number of fused-ring (bicyclic) bond motifs is 10. The largest absolute Gasteiger partial charge is 0.376 e. The lowest BCUT2D eigenvalue weighted by molar-refractivity contribution is 0.332. The lowest BCUT2D eigenvalue weighted by Crippen LogP contribution is -2.62. The first-order chi connectivity index (χ1) is 30.9. The number of hydrogen-bond donors (Lipinski definition) is 0. The van der Waals surface area contributed by atoms with E-state index in [1.165, 1.54) is 146 Å². The fraction of sp³-hybridized carbons (Fsp3) is 0.311. The Balaban J connectivity index is 1.29. The number of anilines is 5. The van der Waals surface area contributed by atoms with Crippen molar-refractivity contribution in [3.05, 3.63) is 160 Å². The molecule has 0 amide bonds. The average molecular weight is 865 g/mol. The molecule has 3 heterocycles. The molecule has 0 N–H and O–H groups in total. The van der Waals surface area contributed by atoms with Crippen LogP contribution in [0.4, 0.5) is 28.4 Å². The second-order valence-corrected chi connectivity index (χ2v) is 23.9. The highest BCUT2D eigenvalue weighted by Crippen LogP contribution is 2.56. The van der Waals surface area contributed by atoms with E-state index >= 15 is 0 Å². The maximum absolute atomic E-state index is 2.76. The minimum atomic E-state index is -0.0825. The van der Waals surface area contributed by atoms with Crippen molar-refractivity contribution >= 4 is 77.7 Å². The summed E-state index contributed by atoms with van der Waals surface area (Å²) in [6, 6.07) is 47.9. The van der Waals surface area contributed by atoms with Crippen LogP contribution < -0.4 is 20.6 Å². The summed E-state index contributed by atoms with van der Waals surface area (Å²) in [7, 11) is 0. The first-order valence-electron chi connectivity index (χ1n) is 24.1. The highest BCUT2D eigenvalue weighted by atomic mass is 32.1. The van der Waals surface area contributed by atoms with E-state index in [1.807, 2.05) is 11.3 Å². The van der Waals surface area contributed by atoms with Crippen molar-refractivity contribution in [3.8, 4) is 22.3 Å². The monoisotopic (exact) mass is 864 g/mol. The van der Waals surface area contributed by atoms with Gasteiger partial charge in [-0.05, 0) is 206 Å². The van der Waals surface area contributed by atoms with Crippen molar-refractivity contribution in [3.63, 3.8) is 0 Å². The molecule has 0 saturated heterocycles. The number of para-hydroxylation sites is 1. The molecule has 12 rings (SSSR count). The molecule has 1 aromatic heterocycles. The Kier molecular flexibility index (Phi) is 8.64. The Hall–Kier alpha value is -5.58. The minimum Gasteiger partial charge on any atom is -0.376 e. The molecule has 4 aliphatic rings. The zero-order chi connectivity index (χ0) is 45.1. The quantitative estimate of drug-likeness (QED) is 0.163. The van der Waals surface area contributed by atoms with E-state index in [0.29, 0.717) is 0 Å². The van der Waals surface area contributed by atoms with Gasteiger partial charge in [-0.25, -0.2) is 0 Å². The molecule has 7 aromatic carbocycles. The van der Waals surface area contributed by atoms with Crippen LogP contribution in [0.3, 0.4) is 0 Å². The normalized spacial score (nSPS) is 18.2. The van der Waals surface area contributed by atoms with Gasteiger partial charge in [-0.15, -0.1) is 11.3 Å². The summed E-state index contributed by atoms with van der Waals surface area (Å²) in [6.45, 7) is 26.7. The smallest absolute Gasteiger partial charge is 0.333 e. The third-order valence-electron chi connectivity index (χ3n) is 16.7. The van der Waals surface area contributed by atoms with Crippen LogP contribution in [0.2, 0.25) is 0 Å². The van der Waals surface area contributed by atoms with Crippen LogP contribution in [0.5, 0.6) is 0 Å². The summed E-state index contributed by atoms with van der Waals surface area (Å²) in [5.41, 5.74) is 24.8. The first-order valence-corrected chi connectivity index (χ1v) is 24.9. The van der Waals surface area contributed by atoms with Gasteiger partial charge >= 0.3 is 6.85 Å². The van der Waals surface area contributed by atoms with Gasteiger partial charge in [0.2, 0.25) is 0 Å². The number of aryl methyl sites for hydroxylation is 3. The van der Waals surface area contributed by atoms with Crippen LogP contribution >= 0.6 is 11.3 Å². The van der Waals surface area contributed by atoms with Gasteiger partial charge in [-0.1, -0.05) is 116 Å². The first kappa shape index (κ1) is 40.9. The molecule has 8 aromatic rings. The van der Waals surface area contributed by atoms with Crippen molar-refractivity contribution in [1.82, 2.24) is 0 Å². The molecular weight excluding hydrogens is 804 g/mol. The van der Waals surface area contributed by atoms with E-state index in [2.05, 4.69) is 207 Å².